The lowest BCUT2D eigenvalue weighted by Gasteiger charge is -2.15. The Bertz CT molecular complexity index is 1090. The molecule has 0 bridgehead atoms. The van der Waals surface area contributed by atoms with Crippen LogP contribution in [0, 0.1) is 6.92 Å². The first-order valence-corrected chi connectivity index (χ1v) is 9.40. The molecule has 0 atom stereocenters. The summed E-state index contributed by atoms with van der Waals surface area (Å²) < 4.78 is 7.74. The van der Waals surface area contributed by atoms with Gasteiger partial charge in [0.05, 0.1) is 7.11 Å². The van der Waals surface area contributed by atoms with E-state index in [0.717, 1.165) is 17.9 Å². The minimum atomic E-state index is 0. The lowest BCUT2D eigenvalue weighted by Crippen LogP contribution is -3.00. The summed E-state index contributed by atoms with van der Waals surface area (Å²) in [4.78, 5) is 0. The number of aryl methyl sites for hydroxylation is 2. The van der Waals surface area contributed by atoms with Crippen molar-refractivity contribution in [2.75, 3.05) is 7.11 Å². The normalized spacial score (nSPS) is 10.5. The van der Waals surface area contributed by atoms with Crippen LogP contribution >= 0.6 is 0 Å². The Kier molecular flexibility index (Phi) is 6.35. The van der Waals surface area contributed by atoms with E-state index in [0.29, 0.717) is 0 Å². The summed E-state index contributed by atoms with van der Waals surface area (Å²) in [5.74, 6) is 0.870. The first kappa shape index (κ1) is 20.3. The van der Waals surface area contributed by atoms with Gasteiger partial charge in [-0.25, -0.2) is 0 Å². The molecule has 0 unspecified atom stereocenters. The van der Waals surface area contributed by atoms with Crippen LogP contribution in [0.1, 0.15) is 18.2 Å². The summed E-state index contributed by atoms with van der Waals surface area (Å²) in [6.45, 7) is 4.44. The highest BCUT2D eigenvalue weighted by atomic mass is 127. The largest absolute Gasteiger partial charge is 1.00 e. The zero-order valence-electron chi connectivity index (χ0n) is 16.4. The standard InChI is InChI=1S/C25H24NO.HI/c1-4-22-24-13-9-8-12-23(24)18(2)26(20-14-16-21(27-3)17-15-20)25(22)19-10-6-5-7-11-19;/h5-17H,4H2,1-3H3;1H/q+1;/p-1. The third kappa shape index (κ3) is 3.51. The predicted molar refractivity (Wildman–Crippen MR) is 112 cm³/mol. The van der Waals surface area contributed by atoms with Crippen molar-refractivity contribution in [1.29, 1.82) is 0 Å². The van der Waals surface area contributed by atoms with E-state index in [9.17, 15) is 0 Å². The zero-order chi connectivity index (χ0) is 18.8. The van der Waals surface area contributed by atoms with Crippen LogP contribution in [0.25, 0.3) is 27.7 Å². The molecule has 0 aliphatic carbocycles. The summed E-state index contributed by atoms with van der Waals surface area (Å²) in [6, 6.07) is 27.7. The maximum Gasteiger partial charge on any atom is 0.222 e. The molecule has 3 aromatic carbocycles. The number of halogens is 1. The molecule has 0 fully saturated rings. The molecule has 0 aliphatic rings. The first-order valence-electron chi connectivity index (χ1n) is 9.40. The molecule has 4 aromatic rings. The molecule has 0 radical (unpaired) electrons. The van der Waals surface area contributed by atoms with Crippen molar-refractivity contribution in [1.82, 2.24) is 0 Å². The molecular formula is C25H24INO. The van der Waals surface area contributed by atoms with Crippen LogP contribution in [0.2, 0.25) is 0 Å². The number of hydrogen-bond acceptors (Lipinski definition) is 1. The minimum absolute atomic E-state index is 0. The van der Waals surface area contributed by atoms with Crippen LogP contribution in [0.4, 0.5) is 0 Å². The third-order valence-electron chi connectivity index (χ3n) is 5.22. The van der Waals surface area contributed by atoms with Crippen molar-refractivity contribution in [3.8, 4) is 22.7 Å². The molecule has 1 aromatic heterocycles. The molecule has 3 heteroatoms. The van der Waals surface area contributed by atoms with E-state index in [1.165, 1.54) is 33.3 Å². The van der Waals surface area contributed by atoms with E-state index in [-0.39, 0.29) is 24.0 Å². The van der Waals surface area contributed by atoms with Crippen LogP contribution in [0.5, 0.6) is 5.75 Å². The minimum Gasteiger partial charge on any atom is -1.00 e. The summed E-state index contributed by atoms with van der Waals surface area (Å²) in [5, 5.41) is 2.63. The topological polar surface area (TPSA) is 13.1 Å². The summed E-state index contributed by atoms with van der Waals surface area (Å²) in [5.41, 5.74) is 6.26. The molecule has 4 rings (SSSR count). The van der Waals surface area contributed by atoms with Gasteiger partial charge in [0.2, 0.25) is 11.4 Å². The summed E-state index contributed by atoms with van der Waals surface area (Å²) in [6.07, 6.45) is 0.973. The van der Waals surface area contributed by atoms with Crippen molar-refractivity contribution in [3.63, 3.8) is 0 Å². The molecule has 0 amide bonds. The van der Waals surface area contributed by atoms with E-state index < -0.39 is 0 Å². The molecule has 2 nitrogen and oxygen atoms in total. The highest BCUT2D eigenvalue weighted by Crippen LogP contribution is 2.31. The second-order valence-electron chi connectivity index (χ2n) is 6.71. The molecule has 0 aliphatic heterocycles. The highest BCUT2D eigenvalue weighted by Gasteiger charge is 2.26. The number of hydrogen-bond donors (Lipinski definition) is 0. The van der Waals surface area contributed by atoms with E-state index in [1.54, 1.807) is 7.11 Å². The van der Waals surface area contributed by atoms with Crippen molar-refractivity contribution in [2.24, 2.45) is 0 Å². The van der Waals surface area contributed by atoms with Crippen LogP contribution in [0.3, 0.4) is 0 Å². The SMILES string of the molecule is CCc1c(-c2ccccc2)[n+](-c2ccc(OC)cc2)c(C)c2ccccc12.[I-]. The van der Waals surface area contributed by atoms with Gasteiger partial charge >= 0.3 is 0 Å². The van der Waals surface area contributed by atoms with Gasteiger partial charge in [0, 0.05) is 35.6 Å². The molecule has 28 heavy (non-hydrogen) atoms. The fourth-order valence-corrected chi connectivity index (χ4v) is 3.92. The molecule has 142 valence electrons. The third-order valence-corrected chi connectivity index (χ3v) is 5.22. The van der Waals surface area contributed by atoms with Gasteiger partial charge < -0.3 is 28.7 Å². The summed E-state index contributed by atoms with van der Waals surface area (Å²) >= 11 is 0. The van der Waals surface area contributed by atoms with Crippen LogP contribution in [-0.2, 0) is 6.42 Å². The van der Waals surface area contributed by atoms with Crippen molar-refractivity contribution in [3.05, 3.63) is 90.1 Å². The van der Waals surface area contributed by atoms with Crippen molar-refractivity contribution >= 4 is 10.8 Å². The van der Waals surface area contributed by atoms with Gasteiger partial charge in [-0.3, -0.25) is 0 Å². The molecule has 0 spiro atoms. The number of nitrogens with zero attached hydrogens (tertiary/aromatic N) is 1. The highest BCUT2D eigenvalue weighted by molar-refractivity contribution is 5.90. The van der Waals surface area contributed by atoms with E-state index in [2.05, 4.69) is 85.1 Å². The fourth-order valence-electron chi connectivity index (χ4n) is 3.92. The number of aromatic nitrogens is 1. The van der Waals surface area contributed by atoms with Gasteiger partial charge in [-0.1, -0.05) is 43.3 Å². The molecule has 0 saturated heterocycles. The Balaban J connectivity index is 0.00000225. The zero-order valence-corrected chi connectivity index (χ0v) is 18.6. The Morgan fingerprint density at radius 2 is 1.39 bits per heavy atom. The first-order chi connectivity index (χ1) is 13.2. The second-order valence-corrected chi connectivity index (χ2v) is 6.71. The Morgan fingerprint density at radius 3 is 2.00 bits per heavy atom. The van der Waals surface area contributed by atoms with Gasteiger partial charge in [-0.2, -0.15) is 4.57 Å². The lowest BCUT2D eigenvalue weighted by atomic mass is 9.95. The number of pyridine rings is 1. The second kappa shape index (κ2) is 8.74. The smallest absolute Gasteiger partial charge is 0.222 e. The van der Waals surface area contributed by atoms with E-state index in [4.69, 9.17) is 4.74 Å². The van der Waals surface area contributed by atoms with Crippen molar-refractivity contribution < 1.29 is 33.3 Å². The molecule has 0 N–H and O–H groups in total. The number of methoxy groups -OCH3 is 1. The molecule has 1 heterocycles. The van der Waals surface area contributed by atoms with Gasteiger partial charge in [0.1, 0.15) is 5.75 Å². The molecular weight excluding hydrogens is 457 g/mol. The Hall–Kier alpha value is -2.40. The van der Waals surface area contributed by atoms with Gasteiger partial charge in [0.15, 0.2) is 5.69 Å². The maximum atomic E-state index is 5.36. The average Bonchev–Trinajstić information content (AvgIpc) is 2.74. The maximum absolute atomic E-state index is 5.36. The summed E-state index contributed by atoms with van der Waals surface area (Å²) in [7, 11) is 1.70. The predicted octanol–water partition coefficient (Wildman–Crippen LogP) is 2.67. The van der Waals surface area contributed by atoms with Crippen LogP contribution in [-0.4, -0.2) is 7.11 Å². The Morgan fingerprint density at radius 1 is 0.786 bits per heavy atom. The fraction of sp³-hybridized carbons (Fsp3) is 0.160. The van der Waals surface area contributed by atoms with E-state index in [1.807, 2.05) is 12.1 Å². The van der Waals surface area contributed by atoms with E-state index >= 15 is 0 Å². The van der Waals surface area contributed by atoms with Crippen molar-refractivity contribution in [2.45, 2.75) is 20.3 Å². The number of rotatable bonds is 4. The average molecular weight is 481 g/mol. The number of benzene rings is 3. The lowest BCUT2D eigenvalue weighted by molar-refractivity contribution is -0.589. The Labute approximate surface area is 183 Å². The monoisotopic (exact) mass is 481 g/mol. The number of ether oxygens (including phenoxy) is 1. The van der Waals surface area contributed by atoms with Gasteiger partial charge in [0.25, 0.3) is 0 Å². The molecule has 0 saturated carbocycles. The van der Waals surface area contributed by atoms with Crippen LogP contribution < -0.4 is 33.3 Å². The number of fused-ring (bicyclic) bond motifs is 1. The van der Waals surface area contributed by atoms with Crippen LogP contribution in [0.15, 0.2) is 78.9 Å². The van der Waals surface area contributed by atoms with Gasteiger partial charge in [-0.05, 0) is 42.1 Å². The van der Waals surface area contributed by atoms with Gasteiger partial charge in [-0.15, -0.1) is 0 Å². The quantitative estimate of drug-likeness (QED) is 0.323.